The molecule has 2 saturated heterocycles. The van der Waals surface area contributed by atoms with Gasteiger partial charge in [-0.3, -0.25) is 4.79 Å². The van der Waals surface area contributed by atoms with Gasteiger partial charge in [0.15, 0.2) is 0 Å². The van der Waals surface area contributed by atoms with Crippen LogP contribution in [0, 0.1) is 13.8 Å². The molecule has 29 heavy (non-hydrogen) atoms. The van der Waals surface area contributed by atoms with Crippen molar-refractivity contribution in [1.29, 1.82) is 0 Å². The Kier molecular flexibility index (Phi) is 7.32. The molecule has 1 aromatic carbocycles. The summed E-state index contributed by atoms with van der Waals surface area (Å²) in [7, 11) is -2.01. The van der Waals surface area contributed by atoms with E-state index >= 15 is 0 Å². The van der Waals surface area contributed by atoms with Gasteiger partial charge in [-0.05, 0) is 56.7 Å². The average Bonchev–Trinajstić information content (AvgIpc) is 2.71. The quantitative estimate of drug-likeness (QED) is 0.699. The zero-order valence-corrected chi connectivity index (χ0v) is 18.4. The molecule has 8 heteroatoms. The minimum atomic E-state index is -3.53. The summed E-state index contributed by atoms with van der Waals surface area (Å²) in [4.78, 5) is 15.1. The van der Waals surface area contributed by atoms with E-state index in [1.165, 1.54) is 7.11 Å². The van der Waals surface area contributed by atoms with Gasteiger partial charge in [0.05, 0.1) is 4.90 Å². The highest BCUT2D eigenvalue weighted by molar-refractivity contribution is 7.89. The SMILES string of the molecule is COCC(=O)N(C1CCOCC1)C1CCN(S(=O)(=O)c2cc(C)ccc2C)CC1. The molecule has 2 fully saturated rings. The third-order valence-electron chi connectivity index (χ3n) is 5.92. The highest BCUT2D eigenvalue weighted by atomic mass is 32.2. The fourth-order valence-corrected chi connectivity index (χ4v) is 6.13. The summed E-state index contributed by atoms with van der Waals surface area (Å²) in [5, 5.41) is 0. The molecule has 7 nitrogen and oxygen atoms in total. The van der Waals surface area contributed by atoms with E-state index in [9.17, 15) is 13.2 Å². The van der Waals surface area contributed by atoms with Crippen LogP contribution in [-0.4, -0.2) is 75.6 Å². The number of sulfonamides is 1. The second-order valence-electron chi connectivity index (χ2n) is 7.98. The van der Waals surface area contributed by atoms with Crippen molar-refractivity contribution in [3.05, 3.63) is 29.3 Å². The average molecular weight is 425 g/mol. The second-order valence-corrected chi connectivity index (χ2v) is 9.89. The zero-order chi connectivity index (χ0) is 21.0. The number of carbonyl (C=O) groups excluding carboxylic acids is 1. The molecule has 3 rings (SSSR count). The molecule has 2 aliphatic rings. The number of carbonyl (C=O) groups is 1. The van der Waals surface area contributed by atoms with Crippen LogP contribution in [0.25, 0.3) is 0 Å². The number of amides is 1. The molecule has 0 N–H and O–H groups in total. The van der Waals surface area contributed by atoms with Crippen molar-refractivity contribution in [3.63, 3.8) is 0 Å². The topological polar surface area (TPSA) is 76.2 Å². The number of aryl methyl sites for hydroxylation is 2. The number of hydrogen-bond acceptors (Lipinski definition) is 5. The predicted molar refractivity (Wildman–Crippen MR) is 110 cm³/mol. The van der Waals surface area contributed by atoms with Crippen molar-refractivity contribution in [2.45, 2.75) is 56.5 Å². The number of piperidine rings is 1. The van der Waals surface area contributed by atoms with Gasteiger partial charge in [0.2, 0.25) is 15.9 Å². The van der Waals surface area contributed by atoms with E-state index in [1.54, 1.807) is 10.4 Å². The molecular formula is C21H32N2O5S. The number of nitrogens with zero attached hydrogens (tertiary/aromatic N) is 2. The highest BCUT2D eigenvalue weighted by Crippen LogP contribution is 2.28. The normalized spacial score (nSPS) is 20.0. The van der Waals surface area contributed by atoms with Crippen molar-refractivity contribution < 1.29 is 22.7 Å². The fraction of sp³-hybridized carbons (Fsp3) is 0.667. The van der Waals surface area contributed by atoms with Crippen molar-refractivity contribution in [3.8, 4) is 0 Å². The van der Waals surface area contributed by atoms with Crippen LogP contribution in [0.5, 0.6) is 0 Å². The molecule has 0 bridgehead atoms. The lowest BCUT2D eigenvalue weighted by Crippen LogP contribution is -2.54. The Bertz CT molecular complexity index is 812. The van der Waals surface area contributed by atoms with Crippen LogP contribution in [0.2, 0.25) is 0 Å². The summed E-state index contributed by atoms with van der Waals surface area (Å²) in [5.41, 5.74) is 1.69. The van der Waals surface area contributed by atoms with Crippen LogP contribution in [0.4, 0.5) is 0 Å². The van der Waals surface area contributed by atoms with E-state index in [0.29, 0.717) is 44.0 Å². The molecule has 0 unspecified atom stereocenters. The molecule has 2 aliphatic heterocycles. The number of rotatable bonds is 6. The molecule has 1 amide bonds. The van der Waals surface area contributed by atoms with Crippen molar-refractivity contribution in [2.24, 2.45) is 0 Å². The van der Waals surface area contributed by atoms with E-state index in [0.717, 1.165) is 24.0 Å². The Morgan fingerprint density at radius 1 is 1.14 bits per heavy atom. The van der Waals surface area contributed by atoms with Gasteiger partial charge < -0.3 is 14.4 Å². The van der Waals surface area contributed by atoms with Gasteiger partial charge in [0, 0.05) is 45.5 Å². The van der Waals surface area contributed by atoms with Crippen molar-refractivity contribution in [2.75, 3.05) is 40.0 Å². The summed E-state index contributed by atoms with van der Waals surface area (Å²) in [6.07, 6.45) is 2.90. The monoisotopic (exact) mass is 424 g/mol. The van der Waals surface area contributed by atoms with Crippen LogP contribution in [0.1, 0.15) is 36.8 Å². The summed E-state index contributed by atoms with van der Waals surface area (Å²) in [6.45, 7) is 5.93. The standard InChI is InChI=1S/C21H32N2O5S/c1-16-4-5-17(2)20(14-16)29(25,26)22-10-6-18(7-11-22)23(21(24)15-27-3)19-8-12-28-13-9-19/h4-5,14,18-19H,6-13,15H2,1-3H3. The fourth-order valence-electron chi connectivity index (χ4n) is 4.35. The lowest BCUT2D eigenvalue weighted by Gasteiger charge is -2.43. The first kappa shape index (κ1) is 22.2. The molecule has 0 saturated carbocycles. The van der Waals surface area contributed by atoms with Gasteiger partial charge >= 0.3 is 0 Å². The van der Waals surface area contributed by atoms with Gasteiger partial charge in [-0.25, -0.2) is 8.42 Å². The Morgan fingerprint density at radius 3 is 2.38 bits per heavy atom. The number of hydrogen-bond donors (Lipinski definition) is 0. The molecule has 0 aliphatic carbocycles. The zero-order valence-electron chi connectivity index (χ0n) is 17.6. The molecule has 0 radical (unpaired) electrons. The molecule has 1 aromatic rings. The molecule has 162 valence electrons. The van der Waals surface area contributed by atoms with Crippen LogP contribution in [-0.2, 0) is 24.3 Å². The molecule has 0 spiro atoms. The maximum absolute atomic E-state index is 13.2. The van der Waals surface area contributed by atoms with Gasteiger partial charge in [-0.1, -0.05) is 12.1 Å². The first-order chi connectivity index (χ1) is 13.8. The Balaban J connectivity index is 1.73. The van der Waals surface area contributed by atoms with Gasteiger partial charge in [-0.15, -0.1) is 0 Å². The summed E-state index contributed by atoms with van der Waals surface area (Å²) in [6, 6.07) is 5.69. The molecule has 0 atom stereocenters. The Morgan fingerprint density at radius 2 is 1.76 bits per heavy atom. The predicted octanol–water partition coefficient (Wildman–Crippen LogP) is 2.11. The molecule has 2 heterocycles. The highest BCUT2D eigenvalue weighted by Gasteiger charge is 2.37. The lowest BCUT2D eigenvalue weighted by atomic mass is 9.98. The first-order valence-corrected chi connectivity index (χ1v) is 11.7. The first-order valence-electron chi connectivity index (χ1n) is 10.3. The van der Waals surface area contributed by atoms with E-state index < -0.39 is 10.0 Å². The number of benzene rings is 1. The van der Waals surface area contributed by atoms with Crippen LogP contribution < -0.4 is 0 Å². The summed E-state index contributed by atoms with van der Waals surface area (Å²) < 4.78 is 38.5. The van der Waals surface area contributed by atoms with Gasteiger partial charge in [0.25, 0.3) is 0 Å². The van der Waals surface area contributed by atoms with Gasteiger partial charge in [0.1, 0.15) is 6.61 Å². The number of methoxy groups -OCH3 is 1. The molecule has 0 aromatic heterocycles. The summed E-state index contributed by atoms with van der Waals surface area (Å²) in [5.74, 6) is -0.0183. The third kappa shape index (κ3) is 4.99. The maximum atomic E-state index is 13.2. The Hall–Kier alpha value is -1.48. The Labute approximate surface area is 174 Å². The van der Waals surface area contributed by atoms with Gasteiger partial charge in [-0.2, -0.15) is 4.31 Å². The smallest absolute Gasteiger partial charge is 0.249 e. The van der Waals surface area contributed by atoms with Crippen LogP contribution >= 0.6 is 0 Å². The summed E-state index contributed by atoms with van der Waals surface area (Å²) >= 11 is 0. The molecular weight excluding hydrogens is 392 g/mol. The minimum Gasteiger partial charge on any atom is -0.381 e. The van der Waals surface area contributed by atoms with Crippen molar-refractivity contribution in [1.82, 2.24) is 9.21 Å². The lowest BCUT2D eigenvalue weighted by molar-refractivity contribution is -0.143. The van der Waals surface area contributed by atoms with E-state index in [1.807, 2.05) is 30.9 Å². The second kappa shape index (κ2) is 9.55. The van der Waals surface area contributed by atoms with Crippen LogP contribution in [0.3, 0.4) is 0 Å². The van der Waals surface area contributed by atoms with E-state index in [2.05, 4.69) is 0 Å². The van der Waals surface area contributed by atoms with E-state index in [4.69, 9.17) is 9.47 Å². The van der Waals surface area contributed by atoms with Crippen LogP contribution in [0.15, 0.2) is 23.1 Å². The minimum absolute atomic E-state index is 0.0183. The third-order valence-corrected chi connectivity index (χ3v) is 7.96. The maximum Gasteiger partial charge on any atom is 0.249 e. The van der Waals surface area contributed by atoms with Crippen molar-refractivity contribution >= 4 is 15.9 Å². The largest absolute Gasteiger partial charge is 0.381 e. The van der Waals surface area contributed by atoms with E-state index in [-0.39, 0.29) is 24.6 Å². The number of ether oxygens (including phenoxy) is 2.